The molecular weight excluding hydrogens is 248 g/mol. The zero-order chi connectivity index (χ0) is 13.0. The average molecular weight is 263 g/mol. The van der Waals surface area contributed by atoms with Crippen LogP contribution in [0.25, 0.3) is 0 Å². The Hall–Kier alpha value is -1.68. The summed E-state index contributed by atoms with van der Waals surface area (Å²) in [5, 5.41) is 0. The second-order valence-electron chi connectivity index (χ2n) is 4.13. The van der Waals surface area contributed by atoms with Gasteiger partial charge in [-0.2, -0.15) is 0 Å². The highest BCUT2D eigenvalue weighted by Gasteiger charge is 2.07. The molecule has 2 aromatic rings. The first kappa shape index (κ1) is 12.8. The van der Waals surface area contributed by atoms with E-state index in [0.717, 1.165) is 23.4 Å². The van der Waals surface area contributed by atoms with Crippen molar-refractivity contribution in [3.05, 3.63) is 47.5 Å². The van der Waals surface area contributed by atoms with Crippen molar-refractivity contribution in [3.63, 3.8) is 0 Å². The molecule has 2 heterocycles. The number of hydrogen-bond donors (Lipinski definition) is 0. The smallest absolute Gasteiger partial charge is 0.225 e. The van der Waals surface area contributed by atoms with Crippen molar-refractivity contribution < 1.29 is 0 Å². The molecule has 0 aliphatic rings. The third kappa shape index (κ3) is 2.96. The molecule has 2 rings (SSSR count). The van der Waals surface area contributed by atoms with Gasteiger partial charge in [-0.1, -0.05) is 6.07 Å². The largest absolute Gasteiger partial charge is 0.339 e. The number of aryl methyl sites for hydroxylation is 1. The van der Waals surface area contributed by atoms with Crippen molar-refractivity contribution in [2.75, 3.05) is 11.9 Å². The fourth-order valence-electron chi connectivity index (χ4n) is 1.63. The van der Waals surface area contributed by atoms with Crippen molar-refractivity contribution in [1.82, 2.24) is 15.0 Å². The molecule has 0 atom stereocenters. The monoisotopic (exact) mass is 262 g/mol. The van der Waals surface area contributed by atoms with Crippen LogP contribution in [0.15, 0.2) is 30.7 Å². The highest BCUT2D eigenvalue weighted by molar-refractivity contribution is 6.17. The highest BCUT2D eigenvalue weighted by atomic mass is 35.5. The van der Waals surface area contributed by atoms with E-state index in [2.05, 4.69) is 15.0 Å². The van der Waals surface area contributed by atoms with Crippen LogP contribution in [0.5, 0.6) is 0 Å². The molecule has 5 heteroatoms. The minimum Gasteiger partial charge on any atom is -0.339 e. The van der Waals surface area contributed by atoms with Gasteiger partial charge in [-0.05, 0) is 18.6 Å². The lowest BCUT2D eigenvalue weighted by Crippen LogP contribution is -2.19. The van der Waals surface area contributed by atoms with E-state index in [-0.39, 0.29) is 0 Å². The van der Waals surface area contributed by atoms with E-state index in [1.165, 1.54) is 0 Å². The van der Waals surface area contributed by atoms with E-state index >= 15 is 0 Å². The normalized spacial score (nSPS) is 10.4. The number of anilines is 1. The third-order valence-electron chi connectivity index (χ3n) is 2.70. The molecule has 0 fully saturated rings. The van der Waals surface area contributed by atoms with Crippen LogP contribution in [0, 0.1) is 6.92 Å². The van der Waals surface area contributed by atoms with Crippen LogP contribution in [-0.2, 0) is 12.4 Å². The first-order valence-corrected chi connectivity index (χ1v) is 6.22. The number of alkyl halides is 1. The van der Waals surface area contributed by atoms with Gasteiger partial charge in [-0.15, -0.1) is 11.6 Å². The van der Waals surface area contributed by atoms with Gasteiger partial charge in [0.1, 0.15) is 0 Å². The Labute approximate surface area is 112 Å². The molecule has 0 amide bonds. The molecule has 0 spiro atoms. The Morgan fingerprint density at radius 2 is 2.17 bits per heavy atom. The molecule has 4 nitrogen and oxygen atoms in total. The summed E-state index contributed by atoms with van der Waals surface area (Å²) in [5.74, 6) is 1.14. The minimum atomic E-state index is 0.443. The SMILES string of the molecule is Cc1nc(N(C)Cc2cccnc2)ncc1CCl. The number of aromatic nitrogens is 3. The van der Waals surface area contributed by atoms with Crippen LogP contribution in [0.4, 0.5) is 5.95 Å². The quantitative estimate of drug-likeness (QED) is 0.794. The summed E-state index contributed by atoms with van der Waals surface area (Å²) in [6, 6.07) is 3.95. The second-order valence-corrected chi connectivity index (χ2v) is 4.40. The lowest BCUT2D eigenvalue weighted by Gasteiger charge is -2.17. The summed E-state index contributed by atoms with van der Waals surface area (Å²) in [6.45, 7) is 2.67. The standard InChI is InChI=1S/C13H15ClN4/c1-10-12(6-14)8-16-13(17-10)18(2)9-11-4-3-5-15-7-11/h3-5,7-8H,6,9H2,1-2H3. The van der Waals surface area contributed by atoms with Crippen molar-refractivity contribution in [1.29, 1.82) is 0 Å². The van der Waals surface area contributed by atoms with E-state index in [9.17, 15) is 0 Å². The number of pyridine rings is 1. The minimum absolute atomic E-state index is 0.443. The van der Waals surface area contributed by atoms with Crippen LogP contribution < -0.4 is 4.90 Å². The van der Waals surface area contributed by atoms with Gasteiger partial charge in [0.2, 0.25) is 5.95 Å². The Bertz CT molecular complexity index is 516. The summed E-state index contributed by atoms with van der Waals surface area (Å²) in [4.78, 5) is 14.8. The first-order chi connectivity index (χ1) is 8.70. The van der Waals surface area contributed by atoms with Gasteiger partial charge in [0.05, 0.1) is 5.88 Å². The number of hydrogen-bond acceptors (Lipinski definition) is 4. The average Bonchev–Trinajstić information content (AvgIpc) is 2.39. The maximum Gasteiger partial charge on any atom is 0.225 e. The molecule has 0 saturated heterocycles. The third-order valence-corrected chi connectivity index (χ3v) is 2.98. The molecule has 0 unspecified atom stereocenters. The summed E-state index contributed by atoms with van der Waals surface area (Å²) in [5.41, 5.74) is 3.02. The fraction of sp³-hybridized carbons (Fsp3) is 0.308. The molecule has 0 radical (unpaired) electrons. The summed E-state index contributed by atoms with van der Waals surface area (Å²) < 4.78 is 0. The Kier molecular flexibility index (Phi) is 4.10. The van der Waals surface area contributed by atoms with Crippen LogP contribution in [0.2, 0.25) is 0 Å². The van der Waals surface area contributed by atoms with Crippen LogP contribution in [-0.4, -0.2) is 22.0 Å². The molecule has 0 N–H and O–H groups in total. The molecular formula is C13H15ClN4. The van der Waals surface area contributed by atoms with Gasteiger partial charge in [0.15, 0.2) is 0 Å². The van der Waals surface area contributed by atoms with Gasteiger partial charge in [0.25, 0.3) is 0 Å². The molecule has 0 aromatic carbocycles. The summed E-state index contributed by atoms with van der Waals surface area (Å²) >= 11 is 5.79. The molecule has 0 bridgehead atoms. The van der Waals surface area contributed by atoms with Crippen molar-refractivity contribution in [2.24, 2.45) is 0 Å². The number of halogens is 1. The second kappa shape index (κ2) is 5.78. The predicted molar refractivity (Wildman–Crippen MR) is 72.7 cm³/mol. The number of nitrogens with zero attached hydrogens (tertiary/aromatic N) is 4. The van der Waals surface area contributed by atoms with Gasteiger partial charge in [-0.25, -0.2) is 9.97 Å². The first-order valence-electron chi connectivity index (χ1n) is 5.69. The molecule has 0 aliphatic heterocycles. The van der Waals surface area contributed by atoms with Gasteiger partial charge >= 0.3 is 0 Å². The van der Waals surface area contributed by atoms with E-state index in [0.29, 0.717) is 11.8 Å². The van der Waals surface area contributed by atoms with Crippen LogP contribution >= 0.6 is 11.6 Å². The highest BCUT2D eigenvalue weighted by Crippen LogP contribution is 2.13. The Morgan fingerprint density at radius 1 is 1.33 bits per heavy atom. The summed E-state index contributed by atoms with van der Waals surface area (Å²) in [7, 11) is 1.96. The maximum absolute atomic E-state index is 5.79. The van der Waals surface area contributed by atoms with E-state index in [4.69, 9.17) is 11.6 Å². The molecule has 2 aromatic heterocycles. The van der Waals surface area contributed by atoms with E-state index < -0.39 is 0 Å². The van der Waals surface area contributed by atoms with Crippen molar-refractivity contribution in [3.8, 4) is 0 Å². The molecule has 94 valence electrons. The van der Waals surface area contributed by atoms with E-state index in [1.807, 2.05) is 37.2 Å². The van der Waals surface area contributed by atoms with Crippen LogP contribution in [0.3, 0.4) is 0 Å². The topological polar surface area (TPSA) is 41.9 Å². The van der Waals surface area contributed by atoms with Crippen molar-refractivity contribution in [2.45, 2.75) is 19.3 Å². The van der Waals surface area contributed by atoms with Crippen LogP contribution in [0.1, 0.15) is 16.8 Å². The Morgan fingerprint density at radius 3 is 2.78 bits per heavy atom. The zero-order valence-corrected chi connectivity index (χ0v) is 11.2. The van der Waals surface area contributed by atoms with Gasteiger partial charge in [-0.3, -0.25) is 4.98 Å². The van der Waals surface area contributed by atoms with Gasteiger partial charge in [0, 0.05) is 43.4 Å². The predicted octanol–water partition coefficient (Wildman–Crippen LogP) is 2.56. The molecule has 0 aliphatic carbocycles. The van der Waals surface area contributed by atoms with Gasteiger partial charge < -0.3 is 4.90 Å². The fourth-order valence-corrected chi connectivity index (χ4v) is 1.89. The molecule has 0 saturated carbocycles. The lowest BCUT2D eigenvalue weighted by atomic mass is 10.2. The number of rotatable bonds is 4. The lowest BCUT2D eigenvalue weighted by molar-refractivity contribution is 0.850. The van der Waals surface area contributed by atoms with E-state index in [1.54, 1.807) is 12.4 Å². The summed E-state index contributed by atoms with van der Waals surface area (Å²) in [6.07, 6.45) is 5.39. The Balaban J connectivity index is 2.14. The maximum atomic E-state index is 5.79. The zero-order valence-electron chi connectivity index (χ0n) is 10.5. The molecule has 18 heavy (non-hydrogen) atoms. The van der Waals surface area contributed by atoms with Crippen molar-refractivity contribution >= 4 is 17.5 Å².